The Labute approximate surface area is 177 Å². The third-order valence-corrected chi connectivity index (χ3v) is 4.65. The van der Waals surface area contributed by atoms with Crippen LogP contribution >= 0.6 is 0 Å². The molecule has 3 rings (SSSR count). The molecule has 30 heavy (non-hydrogen) atoms. The molecule has 0 aliphatic carbocycles. The molecule has 1 heterocycles. The van der Waals surface area contributed by atoms with Gasteiger partial charge in [-0.15, -0.1) is 0 Å². The molecule has 0 aliphatic rings. The second kappa shape index (κ2) is 10.8. The van der Waals surface area contributed by atoms with Gasteiger partial charge in [0.05, 0.1) is 7.11 Å². The molecule has 0 bridgehead atoms. The van der Waals surface area contributed by atoms with Crippen molar-refractivity contribution in [3.63, 3.8) is 0 Å². The minimum atomic E-state index is -0.0608. The Balaban J connectivity index is 1.57. The largest absolute Gasteiger partial charge is 0.493 e. The van der Waals surface area contributed by atoms with Gasteiger partial charge in [-0.05, 0) is 41.5 Å². The van der Waals surface area contributed by atoms with Crippen molar-refractivity contribution in [2.45, 2.75) is 13.0 Å². The number of ether oxygens (including phenoxy) is 2. The molecule has 0 spiro atoms. The molecular formula is C25H26N2O3. The van der Waals surface area contributed by atoms with Crippen molar-refractivity contribution in [3.8, 4) is 11.5 Å². The molecule has 154 valence electrons. The summed E-state index contributed by atoms with van der Waals surface area (Å²) in [6.45, 7) is 1.07. The SMILES string of the molecule is COc1cc(C=CC(=O)N(C)CCc2ccccn2)ccc1OCc1ccccc1. The van der Waals surface area contributed by atoms with E-state index in [9.17, 15) is 4.79 Å². The summed E-state index contributed by atoms with van der Waals surface area (Å²) in [5.41, 5.74) is 2.92. The number of aromatic nitrogens is 1. The number of carbonyl (C=O) groups is 1. The van der Waals surface area contributed by atoms with Crippen LogP contribution in [0.25, 0.3) is 6.08 Å². The van der Waals surface area contributed by atoms with Crippen LogP contribution in [0.4, 0.5) is 0 Å². The third kappa shape index (κ3) is 6.21. The van der Waals surface area contributed by atoms with Gasteiger partial charge in [-0.1, -0.05) is 42.5 Å². The molecular weight excluding hydrogens is 376 g/mol. The highest BCUT2D eigenvalue weighted by atomic mass is 16.5. The number of hydrogen-bond donors (Lipinski definition) is 0. The van der Waals surface area contributed by atoms with Crippen LogP contribution in [-0.2, 0) is 17.8 Å². The van der Waals surface area contributed by atoms with Gasteiger partial charge in [-0.25, -0.2) is 0 Å². The summed E-state index contributed by atoms with van der Waals surface area (Å²) in [4.78, 5) is 18.3. The summed E-state index contributed by atoms with van der Waals surface area (Å²) < 4.78 is 11.3. The predicted octanol–water partition coefficient (Wildman–Crippen LogP) is 4.38. The van der Waals surface area contributed by atoms with Gasteiger partial charge in [-0.2, -0.15) is 0 Å². The van der Waals surface area contributed by atoms with E-state index in [0.717, 1.165) is 23.2 Å². The molecule has 0 saturated heterocycles. The van der Waals surface area contributed by atoms with E-state index in [4.69, 9.17) is 9.47 Å². The quantitative estimate of drug-likeness (QED) is 0.498. The smallest absolute Gasteiger partial charge is 0.246 e. The lowest BCUT2D eigenvalue weighted by atomic mass is 10.1. The summed E-state index contributed by atoms with van der Waals surface area (Å²) in [6.07, 6.45) is 5.83. The number of amides is 1. The zero-order valence-electron chi connectivity index (χ0n) is 17.3. The summed E-state index contributed by atoms with van der Waals surface area (Å²) in [7, 11) is 3.39. The van der Waals surface area contributed by atoms with E-state index >= 15 is 0 Å². The monoisotopic (exact) mass is 402 g/mol. The first-order chi connectivity index (χ1) is 14.7. The van der Waals surface area contributed by atoms with Crippen LogP contribution in [0.15, 0.2) is 79.0 Å². The van der Waals surface area contributed by atoms with E-state index in [-0.39, 0.29) is 5.91 Å². The fourth-order valence-corrected chi connectivity index (χ4v) is 2.88. The summed E-state index contributed by atoms with van der Waals surface area (Å²) >= 11 is 0. The van der Waals surface area contributed by atoms with Crippen LogP contribution in [0.1, 0.15) is 16.8 Å². The lowest BCUT2D eigenvalue weighted by Crippen LogP contribution is -2.27. The molecule has 0 saturated carbocycles. The van der Waals surface area contributed by atoms with E-state index in [2.05, 4.69) is 4.98 Å². The average molecular weight is 402 g/mol. The van der Waals surface area contributed by atoms with Crippen LogP contribution in [0.5, 0.6) is 11.5 Å². The number of hydrogen-bond acceptors (Lipinski definition) is 4. The molecule has 5 heteroatoms. The molecule has 0 fully saturated rings. The van der Waals surface area contributed by atoms with E-state index in [0.29, 0.717) is 24.7 Å². The van der Waals surface area contributed by atoms with Gasteiger partial charge in [-0.3, -0.25) is 9.78 Å². The Morgan fingerprint density at radius 1 is 1.03 bits per heavy atom. The Morgan fingerprint density at radius 3 is 2.57 bits per heavy atom. The molecule has 0 N–H and O–H groups in total. The average Bonchev–Trinajstić information content (AvgIpc) is 2.81. The van der Waals surface area contributed by atoms with Gasteiger partial charge >= 0.3 is 0 Å². The van der Waals surface area contributed by atoms with E-state index in [1.165, 1.54) is 0 Å². The van der Waals surface area contributed by atoms with Crippen LogP contribution in [0.2, 0.25) is 0 Å². The van der Waals surface area contributed by atoms with E-state index < -0.39 is 0 Å². The van der Waals surface area contributed by atoms with Crippen molar-refractivity contribution in [3.05, 3.63) is 95.8 Å². The summed E-state index contributed by atoms with van der Waals surface area (Å²) in [5.74, 6) is 1.23. The zero-order valence-corrected chi connectivity index (χ0v) is 17.3. The maximum atomic E-state index is 12.4. The fourth-order valence-electron chi connectivity index (χ4n) is 2.88. The standard InChI is InChI=1S/C25H26N2O3/c1-27(17-15-22-10-6-7-16-26-22)25(28)14-12-20-11-13-23(24(18-20)29-2)30-19-21-8-4-3-5-9-21/h3-14,16,18H,15,17,19H2,1-2H3. The molecule has 1 amide bonds. The van der Waals surface area contributed by atoms with Crippen LogP contribution < -0.4 is 9.47 Å². The Kier molecular flexibility index (Phi) is 7.61. The Hall–Kier alpha value is -3.60. The number of nitrogens with zero attached hydrogens (tertiary/aromatic N) is 2. The minimum Gasteiger partial charge on any atom is -0.493 e. The second-order valence-corrected chi connectivity index (χ2v) is 6.85. The second-order valence-electron chi connectivity index (χ2n) is 6.85. The number of rotatable bonds is 9. The van der Waals surface area contributed by atoms with Gasteiger partial charge in [0.15, 0.2) is 11.5 Å². The van der Waals surface area contributed by atoms with Gasteiger partial charge in [0.25, 0.3) is 0 Å². The first kappa shape index (κ1) is 21.1. The topological polar surface area (TPSA) is 51.7 Å². The lowest BCUT2D eigenvalue weighted by Gasteiger charge is -2.14. The first-order valence-corrected chi connectivity index (χ1v) is 9.83. The molecule has 2 aromatic carbocycles. The maximum Gasteiger partial charge on any atom is 0.246 e. The van der Waals surface area contributed by atoms with Gasteiger partial charge in [0, 0.05) is 38.0 Å². The number of benzene rings is 2. The van der Waals surface area contributed by atoms with Crippen LogP contribution in [0, 0.1) is 0 Å². The van der Waals surface area contributed by atoms with E-state index in [1.807, 2.05) is 66.7 Å². The van der Waals surface area contributed by atoms with E-state index in [1.54, 1.807) is 37.4 Å². The number of carbonyl (C=O) groups excluding carboxylic acids is 1. The van der Waals surface area contributed by atoms with Crippen molar-refractivity contribution in [2.24, 2.45) is 0 Å². The Bertz CT molecular complexity index is 972. The van der Waals surface area contributed by atoms with Crippen molar-refractivity contribution >= 4 is 12.0 Å². The maximum absolute atomic E-state index is 12.4. The van der Waals surface area contributed by atoms with Crippen LogP contribution in [0.3, 0.4) is 0 Å². The van der Waals surface area contributed by atoms with Crippen LogP contribution in [-0.4, -0.2) is 36.5 Å². The molecule has 0 atom stereocenters. The molecule has 0 radical (unpaired) electrons. The highest BCUT2D eigenvalue weighted by Gasteiger charge is 2.08. The molecule has 3 aromatic rings. The summed E-state index contributed by atoms with van der Waals surface area (Å²) in [5, 5.41) is 0. The molecule has 1 aromatic heterocycles. The first-order valence-electron chi connectivity index (χ1n) is 9.83. The third-order valence-electron chi connectivity index (χ3n) is 4.65. The highest BCUT2D eigenvalue weighted by molar-refractivity contribution is 5.91. The van der Waals surface area contributed by atoms with Gasteiger partial charge < -0.3 is 14.4 Å². The number of methoxy groups -OCH3 is 1. The predicted molar refractivity (Wildman–Crippen MR) is 118 cm³/mol. The fraction of sp³-hybridized carbons (Fsp3) is 0.200. The van der Waals surface area contributed by atoms with Gasteiger partial charge in [0.2, 0.25) is 5.91 Å². The van der Waals surface area contributed by atoms with Crippen molar-refractivity contribution < 1.29 is 14.3 Å². The summed E-state index contributed by atoms with van der Waals surface area (Å²) in [6, 6.07) is 21.4. The zero-order chi connectivity index (χ0) is 21.2. The minimum absolute atomic E-state index is 0.0608. The van der Waals surface area contributed by atoms with Crippen molar-refractivity contribution in [1.29, 1.82) is 0 Å². The molecule has 5 nitrogen and oxygen atoms in total. The molecule has 0 aliphatic heterocycles. The number of pyridine rings is 1. The Morgan fingerprint density at radius 2 is 1.83 bits per heavy atom. The van der Waals surface area contributed by atoms with Crippen molar-refractivity contribution in [2.75, 3.05) is 20.7 Å². The lowest BCUT2D eigenvalue weighted by molar-refractivity contribution is -0.124. The number of likely N-dealkylation sites (N-methyl/N-ethyl adjacent to an activating group) is 1. The normalized spacial score (nSPS) is 10.7. The van der Waals surface area contributed by atoms with Gasteiger partial charge in [0.1, 0.15) is 6.61 Å². The molecule has 0 unspecified atom stereocenters. The highest BCUT2D eigenvalue weighted by Crippen LogP contribution is 2.29. The van der Waals surface area contributed by atoms with Crippen molar-refractivity contribution in [1.82, 2.24) is 9.88 Å².